The van der Waals surface area contributed by atoms with Gasteiger partial charge in [-0.25, -0.2) is 0 Å². The zero-order valence-corrected chi connectivity index (χ0v) is 10.6. The van der Waals surface area contributed by atoms with Gasteiger partial charge in [-0.05, 0) is 49.7 Å². The lowest BCUT2D eigenvalue weighted by molar-refractivity contribution is 0.251. The Morgan fingerprint density at radius 2 is 1.94 bits per heavy atom. The van der Waals surface area contributed by atoms with Crippen molar-refractivity contribution in [2.45, 2.75) is 18.9 Å². The molecule has 0 aromatic heterocycles. The normalized spacial score (nSPS) is 18.9. The van der Waals surface area contributed by atoms with Gasteiger partial charge in [-0.2, -0.15) is 0 Å². The van der Waals surface area contributed by atoms with Gasteiger partial charge >= 0.3 is 0 Å². The summed E-state index contributed by atoms with van der Waals surface area (Å²) in [5.41, 5.74) is 6.91. The molecule has 2 N–H and O–H groups in total. The first kappa shape index (κ1) is 12.2. The summed E-state index contributed by atoms with van der Waals surface area (Å²) >= 11 is 12.2. The zero-order valence-electron chi connectivity index (χ0n) is 9.13. The van der Waals surface area contributed by atoms with Crippen LogP contribution in [0.15, 0.2) is 18.2 Å². The van der Waals surface area contributed by atoms with Gasteiger partial charge in [0.25, 0.3) is 0 Å². The molecule has 0 spiro atoms. The van der Waals surface area contributed by atoms with Crippen molar-refractivity contribution in [2.24, 2.45) is 5.73 Å². The molecule has 0 bridgehead atoms. The third kappa shape index (κ3) is 2.51. The summed E-state index contributed by atoms with van der Waals surface area (Å²) < 4.78 is 0. The Morgan fingerprint density at radius 3 is 2.56 bits per heavy atom. The summed E-state index contributed by atoms with van der Waals surface area (Å²) in [4.78, 5) is 2.39. The molecule has 16 heavy (non-hydrogen) atoms. The maximum absolute atomic E-state index is 6.21. The number of hydrogen-bond donors (Lipinski definition) is 1. The lowest BCUT2D eigenvalue weighted by Crippen LogP contribution is -2.31. The monoisotopic (exact) mass is 258 g/mol. The maximum Gasteiger partial charge on any atom is 0.0485 e. The van der Waals surface area contributed by atoms with Crippen molar-refractivity contribution < 1.29 is 0 Å². The van der Waals surface area contributed by atoms with E-state index in [2.05, 4.69) is 4.90 Å². The van der Waals surface area contributed by atoms with Gasteiger partial charge in [-0.1, -0.05) is 23.2 Å². The van der Waals surface area contributed by atoms with E-state index < -0.39 is 0 Å². The van der Waals surface area contributed by atoms with E-state index in [0.29, 0.717) is 6.54 Å². The van der Waals surface area contributed by atoms with Crippen LogP contribution in [0.5, 0.6) is 0 Å². The molecule has 2 nitrogen and oxygen atoms in total. The number of nitrogens with two attached hydrogens (primary N) is 1. The number of hydrogen-bond acceptors (Lipinski definition) is 2. The van der Waals surface area contributed by atoms with Crippen molar-refractivity contribution >= 4 is 23.2 Å². The molecule has 1 aromatic rings. The van der Waals surface area contributed by atoms with Crippen molar-refractivity contribution in [1.29, 1.82) is 0 Å². The van der Waals surface area contributed by atoms with Crippen LogP contribution in [-0.2, 0) is 0 Å². The van der Waals surface area contributed by atoms with Crippen LogP contribution < -0.4 is 5.73 Å². The van der Waals surface area contributed by atoms with Gasteiger partial charge in [0.2, 0.25) is 0 Å². The Balaban J connectivity index is 2.28. The highest BCUT2D eigenvalue weighted by atomic mass is 35.5. The second kappa shape index (κ2) is 5.37. The minimum Gasteiger partial charge on any atom is -0.329 e. The molecule has 4 heteroatoms. The van der Waals surface area contributed by atoms with Gasteiger partial charge < -0.3 is 5.73 Å². The van der Waals surface area contributed by atoms with E-state index in [-0.39, 0.29) is 6.04 Å². The van der Waals surface area contributed by atoms with Crippen LogP contribution in [0.1, 0.15) is 24.4 Å². The average Bonchev–Trinajstić information content (AvgIpc) is 2.78. The van der Waals surface area contributed by atoms with E-state index in [1.54, 1.807) is 0 Å². The Bertz CT molecular complexity index is 362. The molecule has 0 radical (unpaired) electrons. The number of likely N-dealkylation sites (tertiary alicyclic amines) is 1. The Labute approximate surface area is 106 Å². The van der Waals surface area contributed by atoms with E-state index in [1.807, 2.05) is 18.2 Å². The molecular weight excluding hydrogens is 243 g/mol. The molecule has 1 aliphatic rings. The molecule has 1 heterocycles. The van der Waals surface area contributed by atoms with E-state index in [9.17, 15) is 0 Å². The predicted octanol–water partition coefficient (Wildman–Crippen LogP) is 3.09. The van der Waals surface area contributed by atoms with E-state index in [4.69, 9.17) is 28.9 Å². The number of halogens is 2. The first-order valence-electron chi connectivity index (χ1n) is 5.61. The van der Waals surface area contributed by atoms with Crippen molar-refractivity contribution in [3.8, 4) is 0 Å². The summed E-state index contributed by atoms with van der Waals surface area (Å²) in [5, 5.41) is 1.48. The van der Waals surface area contributed by atoms with Gasteiger partial charge in [0.15, 0.2) is 0 Å². The van der Waals surface area contributed by atoms with E-state index in [1.165, 1.54) is 12.8 Å². The highest BCUT2D eigenvalue weighted by Gasteiger charge is 2.23. The summed E-state index contributed by atoms with van der Waals surface area (Å²) in [5.74, 6) is 0. The predicted molar refractivity (Wildman–Crippen MR) is 69.1 cm³/mol. The fourth-order valence-electron chi connectivity index (χ4n) is 2.30. The van der Waals surface area contributed by atoms with Crippen LogP contribution in [0.4, 0.5) is 0 Å². The lowest BCUT2D eigenvalue weighted by Gasteiger charge is -2.27. The van der Waals surface area contributed by atoms with Crippen molar-refractivity contribution in [3.63, 3.8) is 0 Å². The summed E-state index contributed by atoms with van der Waals surface area (Å²) in [6.07, 6.45) is 2.49. The van der Waals surface area contributed by atoms with Crippen LogP contribution in [0.3, 0.4) is 0 Å². The van der Waals surface area contributed by atoms with Crippen LogP contribution in [0.25, 0.3) is 0 Å². The molecule has 1 aliphatic heterocycles. The molecule has 1 saturated heterocycles. The quantitative estimate of drug-likeness (QED) is 0.903. The van der Waals surface area contributed by atoms with Crippen LogP contribution in [-0.4, -0.2) is 24.5 Å². The molecule has 0 aliphatic carbocycles. The molecule has 1 unspecified atom stereocenters. The second-order valence-corrected chi connectivity index (χ2v) is 5.00. The first-order valence-corrected chi connectivity index (χ1v) is 6.37. The largest absolute Gasteiger partial charge is 0.329 e. The number of benzene rings is 1. The van der Waals surface area contributed by atoms with Crippen molar-refractivity contribution in [2.75, 3.05) is 19.6 Å². The molecule has 1 fully saturated rings. The maximum atomic E-state index is 6.21. The molecule has 1 atom stereocenters. The fourth-order valence-corrected chi connectivity index (χ4v) is 2.72. The number of nitrogens with zero attached hydrogens (tertiary/aromatic N) is 1. The topological polar surface area (TPSA) is 29.3 Å². The fraction of sp³-hybridized carbons (Fsp3) is 0.500. The van der Waals surface area contributed by atoms with Crippen molar-refractivity contribution in [3.05, 3.63) is 33.8 Å². The smallest absolute Gasteiger partial charge is 0.0485 e. The second-order valence-electron chi connectivity index (χ2n) is 4.16. The average molecular weight is 259 g/mol. The minimum atomic E-state index is 0.202. The van der Waals surface area contributed by atoms with Crippen LogP contribution in [0.2, 0.25) is 10.0 Å². The molecule has 0 amide bonds. The highest BCUT2D eigenvalue weighted by molar-refractivity contribution is 6.33. The summed E-state index contributed by atoms with van der Waals surface area (Å²) in [6.45, 7) is 2.79. The van der Waals surface area contributed by atoms with Gasteiger partial charge in [0.1, 0.15) is 0 Å². The minimum absolute atomic E-state index is 0.202. The van der Waals surface area contributed by atoms with E-state index in [0.717, 1.165) is 28.7 Å². The molecule has 2 rings (SSSR count). The third-order valence-corrected chi connectivity index (χ3v) is 3.70. The highest BCUT2D eigenvalue weighted by Crippen LogP contribution is 2.31. The number of rotatable bonds is 3. The van der Waals surface area contributed by atoms with Crippen LogP contribution in [0, 0.1) is 0 Å². The first-order chi connectivity index (χ1) is 7.72. The zero-order chi connectivity index (χ0) is 11.5. The van der Waals surface area contributed by atoms with E-state index >= 15 is 0 Å². The summed E-state index contributed by atoms with van der Waals surface area (Å²) in [7, 11) is 0. The molecule has 1 aromatic carbocycles. The molecular formula is C12H16Cl2N2. The van der Waals surface area contributed by atoms with Crippen LogP contribution >= 0.6 is 23.2 Å². The third-order valence-electron chi connectivity index (χ3n) is 3.12. The van der Waals surface area contributed by atoms with Gasteiger partial charge in [0.05, 0.1) is 0 Å². The summed E-state index contributed by atoms with van der Waals surface area (Å²) in [6, 6.07) is 5.79. The van der Waals surface area contributed by atoms with Gasteiger partial charge in [-0.15, -0.1) is 0 Å². The standard InChI is InChI=1S/C12H16Cl2N2/c13-9-3-4-11(14)10(7-9)12(8-15)16-5-1-2-6-16/h3-4,7,12H,1-2,5-6,8,15H2. The molecule has 88 valence electrons. The Kier molecular flexibility index (Phi) is 4.09. The SMILES string of the molecule is NCC(c1cc(Cl)ccc1Cl)N1CCCC1. The lowest BCUT2D eigenvalue weighted by atomic mass is 10.1. The Hall–Kier alpha value is -0.280. The Morgan fingerprint density at radius 1 is 1.25 bits per heavy atom. The van der Waals surface area contributed by atoms with Gasteiger partial charge in [0, 0.05) is 22.6 Å². The van der Waals surface area contributed by atoms with Crippen molar-refractivity contribution in [1.82, 2.24) is 4.90 Å². The molecule has 0 saturated carbocycles. The van der Waals surface area contributed by atoms with Gasteiger partial charge in [-0.3, -0.25) is 4.90 Å².